The first-order valence-electron chi connectivity index (χ1n) is 12.1. The molecule has 0 aromatic heterocycles. The molecule has 0 heterocycles. The van der Waals surface area contributed by atoms with E-state index < -0.39 is 6.10 Å². The average molecular weight is 468 g/mol. The fourth-order valence-corrected chi connectivity index (χ4v) is 3.79. The number of ketones is 1. The van der Waals surface area contributed by atoms with Crippen LogP contribution < -0.4 is 10.1 Å². The molecule has 3 nitrogen and oxygen atoms in total. The topological polar surface area (TPSA) is 38.3 Å². The molecule has 2 aromatic rings. The number of ether oxygens (including phenoxy) is 1. The Bertz CT molecular complexity index is 962. The monoisotopic (exact) mass is 467 g/mol. The van der Waals surface area contributed by atoms with Gasteiger partial charge >= 0.3 is 0 Å². The maximum absolute atomic E-state index is 13.0. The summed E-state index contributed by atoms with van der Waals surface area (Å²) in [7, 11) is 0. The Kier molecular flexibility index (Phi) is 9.66. The first-order valence-corrected chi connectivity index (χ1v) is 12.6. The van der Waals surface area contributed by atoms with Crippen molar-refractivity contribution in [3.63, 3.8) is 0 Å². The molecule has 0 aliphatic carbocycles. The first kappa shape index (κ1) is 27.0. The Morgan fingerprint density at radius 1 is 1.03 bits per heavy atom. The van der Waals surface area contributed by atoms with Gasteiger partial charge in [-0.1, -0.05) is 79.2 Å². The third-order valence-corrected chi connectivity index (χ3v) is 7.18. The van der Waals surface area contributed by atoms with Gasteiger partial charge in [0.15, 0.2) is 11.9 Å². The highest BCUT2D eigenvalue weighted by molar-refractivity contribution is 7.80. The molecule has 0 saturated carbocycles. The minimum Gasteiger partial charge on any atom is -0.482 e. The van der Waals surface area contributed by atoms with Crippen LogP contribution in [0.15, 0.2) is 59.6 Å². The summed E-state index contributed by atoms with van der Waals surface area (Å²) in [5, 5.41) is 3.15. The highest BCUT2D eigenvalue weighted by Gasteiger charge is 2.28. The second kappa shape index (κ2) is 11.8. The highest BCUT2D eigenvalue weighted by atomic mass is 32.1. The maximum atomic E-state index is 13.0. The number of thiol groups is 1. The van der Waals surface area contributed by atoms with Crippen LogP contribution in [0.2, 0.25) is 0 Å². The van der Waals surface area contributed by atoms with Gasteiger partial charge in [-0.3, -0.25) is 4.79 Å². The van der Waals surface area contributed by atoms with E-state index in [1.54, 1.807) is 12.3 Å². The van der Waals surface area contributed by atoms with Gasteiger partial charge in [-0.2, -0.15) is 0 Å². The Labute approximate surface area is 206 Å². The largest absolute Gasteiger partial charge is 0.482 e. The molecule has 33 heavy (non-hydrogen) atoms. The van der Waals surface area contributed by atoms with Crippen molar-refractivity contribution in [2.24, 2.45) is 0 Å². The average Bonchev–Trinajstić information content (AvgIpc) is 2.80. The lowest BCUT2D eigenvalue weighted by molar-refractivity contribution is -0.121. The smallest absolute Gasteiger partial charge is 0.197 e. The van der Waals surface area contributed by atoms with Gasteiger partial charge in [0.25, 0.3) is 0 Å². The normalized spacial score (nSPS) is 13.2. The lowest BCUT2D eigenvalue weighted by Crippen LogP contribution is -2.28. The molecule has 0 aliphatic rings. The van der Waals surface area contributed by atoms with Crippen molar-refractivity contribution < 1.29 is 9.53 Å². The SMILES string of the molecule is CCCC(Oc1ccc(C(C)(C)CC)cc1C(C)(C)CC)C(=O)/C=C/Nc1ccccc1S. The van der Waals surface area contributed by atoms with Crippen molar-refractivity contribution in [1.82, 2.24) is 0 Å². The summed E-state index contributed by atoms with van der Waals surface area (Å²) in [6, 6.07) is 14.2. The van der Waals surface area contributed by atoms with E-state index in [4.69, 9.17) is 4.74 Å². The summed E-state index contributed by atoms with van der Waals surface area (Å²) in [5.74, 6) is 0.769. The third-order valence-electron chi connectivity index (χ3n) is 6.79. The first-order chi connectivity index (χ1) is 15.6. The maximum Gasteiger partial charge on any atom is 0.197 e. The molecule has 1 N–H and O–H groups in total. The molecule has 0 spiro atoms. The molecule has 1 atom stereocenters. The van der Waals surface area contributed by atoms with Crippen LogP contribution in [0, 0.1) is 0 Å². The standard InChI is InChI=1S/C29H41NO2S/c1-8-13-26(24(31)18-19-30-23-14-11-12-15-27(23)33)32-25-17-16-21(28(4,5)9-2)20-22(25)29(6,7)10-3/h11-12,14-20,26,30,33H,8-10,13H2,1-7H3/b19-18+. The number of nitrogens with one attached hydrogen (secondary N) is 1. The number of carbonyl (C=O) groups is 1. The Hall–Kier alpha value is -2.20. The number of rotatable bonds is 12. The highest BCUT2D eigenvalue weighted by Crippen LogP contribution is 2.39. The zero-order chi connectivity index (χ0) is 24.6. The molecule has 0 bridgehead atoms. The Balaban J connectivity index is 2.30. The third kappa shape index (κ3) is 7.14. The summed E-state index contributed by atoms with van der Waals surface area (Å²) < 4.78 is 6.42. The minimum atomic E-state index is -0.518. The van der Waals surface area contributed by atoms with Crippen LogP contribution in [0.4, 0.5) is 5.69 Å². The summed E-state index contributed by atoms with van der Waals surface area (Å²) in [4.78, 5) is 13.9. The van der Waals surface area contributed by atoms with Crippen LogP contribution in [0.1, 0.15) is 85.3 Å². The predicted molar refractivity (Wildman–Crippen MR) is 144 cm³/mol. The van der Waals surface area contributed by atoms with Gasteiger partial charge in [-0.15, -0.1) is 12.6 Å². The quantitative estimate of drug-likeness (QED) is 0.245. The molecule has 180 valence electrons. The lowest BCUT2D eigenvalue weighted by atomic mass is 9.76. The van der Waals surface area contributed by atoms with E-state index in [0.29, 0.717) is 6.42 Å². The number of benzene rings is 2. The molecule has 0 fully saturated rings. The van der Waals surface area contributed by atoms with Gasteiger partial charge in [0.1, 0.15) is 5.75 Å². The minimum absolute atomic E-state index is 0.0424. The summed E-state index contributed by atoms with van der Waals surface area (Å²) >= 11 is 4.44. The zero-order valence-electron chi connectivity index (χ0n) is 21.4. The second-order valence-corrected chi connectivity index (χ2v) is 10.5. The van der Waals surface area contributed by atoms with Crippen molar-refractivity contribution in [2.45, 2.75) is 96.0 Å². The van der Waals surface area contributed by atoms with Gasteiger partial charge in [-0.25, -0.2) is 0 Å². The molecule has 0 radical (unpaired) electrons. The summed E-state index contributed by atoms with van der Waals surface area (Å²) in [6.07, 6.45) is 6.30. The fraction of sp³-hybridized carbons (Fsp3) is 0.483. The van der Waals surface area contributed by atoms with Gasteiger partial charge < -0.3 is 10.1 Å². The molecule has 0 amide bonds. The molecule has 0 saturated heterocycles. The number of hydrogen-bond donors (Lipinski definition) is 2. The molecular formula is C29H41NO2S. The van der Waals surface area contributed by atoms with Gasteiger partial charge in [0.05, 0.1) is 5.69 Å². The van der Waals surface area contributed by atoms with Crippen molar-refractivity contribution in [2.75, 3.05) is 5.32 Å². The van der Waals surface area contributed by atoms with Crippen molar-refractivity contribution >= 4 is 24.1 Å². The van der Waals surface area contributed by atoms with E-state index in [9.17, 15) is 4.79 Å². The van der Waals surface area contributed by atoms with Crippen LogP contribution in [0.25, 0.3) is 0 Å². The van der Waals surface area contributed by atoms with Crippen LogP contribution in [-0.4, -0.2) is 11.9 Å². The number of para-hydroxylation sites is 1. The van der Waals surface area contributed by atoms with Crippen molar-refractivity contribution in [1.29, 1.82) is 0 Å². The van der Waals surface area contributed by atoms with Crippen LogP contribution in [0.5, 0.6) is 5.75 Å². The molecule has 0 aliphatic heterocycles. The van der Waals surface area contributed by atoms with Gasteiger partial charge in [-0.05, 0) is 53.9 Å². The van der Waals surface area contributed by atoms with Crippen LogP contribution >= 0.6 is 12.6 Å². The number of carbonyl (C=O) groups excluding carboxylic acids is 1. The Morgan fingerprint density at radius 3 is 2.30 bits per heavy atom. The summed E-state index contributed by atoms with van der Waals surface area (Å²) in [5.41, 5.74) is 3.38. The van der Waals surface area contributed by atoms with E-state index >= 15 is 0 Å². The Morgan fingerprint density at radius 2 is 1.70 bits per heavy atom. The zero-order valence-corrected chi connectivity index (χ0v) is 22.3. The summed E-state index contributed by atoms with van der Waals surface area (Å²) in [6.45, 7) is 15.5. The van der Waals surface area contributed by atoms with E-state index in [2.05, 4.69) is 84.6 Å². The van der Waals surface area contributed by atoms with Gasteiger partial charge in [0, 0.05) is 22.7 Å². The predicted octanol–water partition coefficient (Wildman–Crippen LogP) is 8.09. The molecule has 2 aromatic carbocycles. The van der Waals surface area contributed by atoms with Crippen molar-refractivity contribution in [3.8, 4) is 5.75 Å². The van der Waals surface area contributed by atoms with E-state index in [-0.39, 0.29) is 16.6 Å². The van der Waals surface area contributed by atoms with E-state index in [1.807, 2.05) is 24.3 Å². The number of hydrogen-bond acceptors (Lipinski definition) is 4. The number of anilines is 1. The second-order valence-electron chi connectivity index (χ2n) is 9.98. The molecule has 2 rings (SSSR count). The molecular weight excluding hydrogens is 426 g/mol. The van der Waals surface area contributed by atoms with E-state index in [1.165, 1.54) is 11.1 Å². The van der Waals surface area contributed by atoms with Crippen LogP contribution in [0.3, 0.4) is 0 Å². The van der Waals surface area contributed by atoms with E-state index in [0.717, 1.165) is 35.6 Å². The van der Waals surface area contributed by atoms with Crippen molar-refractivity contribution in [3.05, 3.63) is 65.9 Å². The van der Waals surface area contributed by atoms with Gasteiger partial charge in [0.2, 0.25) is 0 Å². The molecule has 4 heteroatoms. The fourth-order valence-electron chi connectivity index (χ4n) is 3.57. The lowest BCUT2D eigenvalue weighted by Gasteiger charge is -2.31. The van der Waals surface area contributed by atoms with Crippen LogP contribution in [-0.2, 0) is 15.6 Å². The molecule has 1 unspecified atom stereocenters.